The van der Waals surface area contributed by atoms with Crippen LogP contribution < -0.4 is 0 Å². The smallest absolute Gasteiger partial charge is 0.0487 e. The molecule has 0 spiro atoms. The number of aliphatic hydroxyl groups excluding tert-OH is 1. The number of hydrogen-bond acceptors (Lipinski definition) is 1. The van der Waals surface area contributed by atoms with Crippen molar-refractivity contribution in [3.63, 3.8) is 0 Å². The van der Waals surface area contributed by atoms with E-state index in [1.165, 1.54) is 51.4 Å². The number of rotatable bonds is 7. The second-order valence-corrected chi connectivity index (χ2v) is 6.44. The van der Waals surface area contributed by atoms with Gasteiger partial charge in [0, 0.05) is 6.61 Å². The van der Waals surface area contributed by atoms with Crippen LogP contribution in [0.25, 0.3) is 0 Å². The van der Waals surface area contributed by atoms with E-state index in [1.807, 2.05) is 0 Å². The van der Waals surface area contributed by atoms with Gasteiger partial charge in [-0.15, -0.1) is 0 Å². The molecule has 1 heteroatoms. The topological polar surface area (TPSA) is 20.2 Å². The van der Waals surface area contributed by atoms with E-state index < -0.39 is 0 Å². The first kappa shape index (κ1) is 12.4. The van der Waals surface area contributed by atoms with E-state index in [9.17, 15) is 5.11 Å². The van der Waals surface area contributed by atoms with Crippen LogP contribution in [0.5, 0.6) is 0 Å². The molecule has 16 heavy (non-hydrogen) atoms. The van der Waals surface area contributed by atoms with E-state index >= 15 is 0 Å². The first-order valence-electron chi connectivity index (χ1n) is 7.34. The molecule has 3 unspecified atom stereocenters. The number of aliphatic hydroxyl groups is 1. The molecule has 0 amide bonds. The minimum absolute atomic E-state index is 0.335. The fourth-order valence-corrected chi connectivity index (χ4v) is 3.92. The van der Waals surface area contributed by atoms with Crippen molar-refractivity contribution in [3.05, 3.63) is 0 Å². The molecule has 2 fully saturated rings. The normalized spacial score (nSPS) is 38.4. The lowest BCUT2D eigenvalue weighted by molar-refractivity contribution is 0.0849. The summed E-state index contributed by atoms with van der Waals surface area (Å²) in [5.41, 5.74) is 0.335. The third kappa shape index (κ3) is 2.61. The zero-order valence-electron chi connectivity index (χ0n) is 11.0. The Morgan fingerprint density at radius 3 is 2.44 bits per heavy atom. The predicted octanol–water partition coefficient (Wildman–Crippen LogP) is 4.00. The molecule has 0 radical (unpaired) electrons. The molecule has 0 saturated heterocycles. The number of unbranched alkanes of at least 4 members (excludes halogenated alkanes) is 1. The first-order chi connectivity index (χ1) is 7.73. The molecular weight excluding hydrogens is 196 g/mol. The van der Waals surface area contributed by atoms with Gasteiger partial charge in [0.1, 0.15) is 0 Å². The largest absolute Gasteiger partial charge is 0.396 e. The first-order valence-corrected chi connectivity index (χ1v) is 7.34. The Labute approximate surface area is 101 Å². The summed E-state index contributed by atoms with van der Waals surface area (Å²) in [6, 6.07) is 0. The van der Waals surface area contributed by atoms with Crippen LogP contribution in [0.4, 0.5) is 0 Å². The summed E-state index contributed by atoms with van der Waals surface area (Å²) in [4.78, 5) is 0. The Hall–Kier alpha value is -0.0400. The summed E-state index contributed by atoms with van der Waals surface area (Å²) in [5.74, 6) is 2.86. The van der Waals surface area contributed by atoms with Gasteiger partial charge in [0.2, 0.25) is 0 Å². The molecule has 0 aliphatic heterocycles. The van der Waals surface area contributed by atoms with Gasteiger partial charge < -0.3 is 5.11 Å². The lowest BCUT2D eigenvalue weighted by Crippen LogP contribution is -2.27. The van der Waals surface area contributed by atoms with E-state index in [1.54, 1.807) is 0 Å². The van der Waals surface area contributed by atoms with Crippen molar-refractivity contribution in [2.45, 2.75) is 65.2 Å². The van der Waals surface area contributed by atoms with Crippen LogP contribution in [-0.4, -0.2) is 11.7 Å². The van der Waals surface area contributed by atoms with Crippen molar-refractivity contribution in [2.24, 2.45) is 23.2 Å². The van der Waals surface area contributed by atoms with Gasteiger partial charge in [0.05, 0.1) is 0 Å². The van der Waals surface area contributed by atoms with Gasteiger partial charge >= 0.3 is 0 Å². The highest BCUT2D eigenvalue weighted by molar-refractivity contribution is 5.03. The van der Waals surface area contributed by atoms with Gasteiger partial charge in [0.25, 0.3) is 0 Å². The minimum atomic E-state index is 0.335. The van der Waals surface area contributed by atoms with E-state index in [0.29, 0.717) is 12.0 Å². The molecule has 2 aliphatic carbocycles. The zero-order chi connectivity index (χ0) is 11.6. The Bertz CT molecular complexity index is 213. The van der Waals surface area contributed by atoms with Crippen molar-refractivity contribution in [3.8, 4) is 0 Å². The van der Waals surface area contributed by atoms with Crippen molar-refractivity contribution < 1.29 is 5.11 Å². The van der Waals surface area contributed by atoms with E-state index in [-0.39, 0.29) is 0 Å². The maximum atomic E-state index is 9.72. The third-order valence-electron chi connectivity index (χ3n) is 5.06. The summed E-state index contributed by atoms with van der Waals surface area (Å²) in [7, 11) is 0. The minimum Gasteiger partial charge on any atom is -0.396 e. The van der Waals surface area contributed by atoms with Crippen LogP contribution in [0.1, 0.15) is 65.2 Å². The van der Waals surface area contributed by atoms with Gasteiger partial charge in [0.15, 0.2) is 0 Å². The fraction of sp³-hybridized carbons (Fsp3) is 1.00. The molecular formula is C15H28O. The molecule has 1 nitrogen and oxygen atoms in total. The van der Waals surface area contributed by atoms with Crippen molar-refractivity contribution in [1.29, 1.82) is 0 Å². The maximum Gasteiger partial charge on any atom is 0.0487 e. The standard InChI is InChI=1S/C15H28O/c1-3-5-6-12(4-2)8-15(11-16)9-13-7-14(13)10-15/h12-14,16H,3-11H2,1-2H3. The summed E-state index contributed by atoms with van der Waals surface area (Å²) in [6.45, 7) is 5.04. The summed E-state index contributed by atoms with van der Waals surface area (Å²) in [6.07, 6.45) is 10.8. The maximum absolute atomic E-state index is 9.72. The zero-order valence-corrected chi connectivity index (χ0v) is 11.0. The van der Waals surface area contributed by atoms with E-state index in [2.05, 4.69) is 13.8 Å². The van der Waals surface area contributed by atoms with Crippen LogP contribution in [0, 0.1) is 23.2 Å². The Morgan fingerprint density at radius 1 is 1.25 bits per heavy atom. The molecule has 94 valence electrons. The average Bonchev–Trinajstić information content (AvgIpc) is 2.93. The van der Waals surface area contributed by atoms with Crippen LogP contribution in [0.3, 0.4) is 0 Å². The molecule has 1 N–H and O–H groups in total. The van der Waals surface area contributed by atoms with Crippen molar-refractivity contribution in [2.75, 3.05) is 6.61 Å². The molecule has 0 aromatic carbocycles. The average molecular weight is 224 g/mol. The Kier molecular flexibility index (Phi) is 3.94. The van der Waals surface area contributed by atoms with Crippen molar-refractivity contribution in [1.82, 2.24) is 0 Å². The monoisotopic (exact) mass is 224 g/mol. The second kappa shape index (κ2) is 5.08. The van der Waals surface area contributed by atoms with Crippen molar-refractivity contribution >= 4 is 0 Å². The number of fused-ring (bicyclic) bond motifs is 1. The quantitative estimate of drug-likeness (QED) is 0.693. The summed E-state index contributed by atoms with van der Waals surface area (Å²) >= 11 is 0. The molecule has 0 aromatic heterocycles. The summed E-state index contributed by atoms with van der Waals surface area (Å²) < 4.78 is 0. The Morgan fingerprint density at radius 2 is 1.94 bits per heavy atom. The number of hydrogen-bond donors (Lipinski definition) is 1. The highest BCUT2D eigenvalue weighted by Crippen LogP contribution is 2.61. The van der Waals surface area contributed by atoms with Crippen LogP contribution in [0.15, 0.2) is 0 Å². The van der Waals surface area contributed by atoms with Gasteiger partial charge in [-0.2, -0.15) is 0 Å². The van der Waals surface area contributed by atoms with Gasteiger partial charge in [-0.1, -0.05) is 39.5 Å². The molecule has 0 bridgehead atoms. The highest BCUT2D eigenvalue weighted by atomic mass is 16.3. The van der Waals surface area contributed by atoms with Gasteiger partial charge in [-0.25, -0.2) is 0 Å². The van der Waals surface area contributed by atoms with E-state index in [0.717, 1.165) is 17.8 Å². The fourth-order valence-electron chi connectivity index (χ4n) is 3.92. The highest BCUT2D eigenvalue weighted by Gasteiger charge is 2.53. The molecule has 2 aliphatic rings. The summed E-state index contributed by atoms with van der Waals surface area (Å²) in [5, 5.41) is 9.72. The molecule has 3 atom stereocenters. The molecule has 0 heterocycles. The molecule has 2 rings (SSSR count). The van der Waals surface area contributed by atoms with Crippen LogP contribution in [-0.2, 0) is 0 Å². The second-order valence-electron chi connectivity index (χ2n) is 6.44. The van der Waals surface area contributed by atoms with Gasteiger partial charge in [-0.05, 0) is 48.9 Å². The Balaban J connectivity index is 1.84. The SMILES string of the molecule is CCCCC(CC)CC1(CO)CC2CC2C1. The molecule has 0 aromatic rings. The lowest BCUT2D eigenvalue weighted by Gasteiger charge is -2.32. The third-order valence-corrected chi connectivity index (χ3v) is 5.06. The molecule has 2 saturated carbocycles. The lowest BCUT2D eigenvalue weighted by atomic mass is 9.74. The van der Waals surface area contributed by atoms with Gasteiger partial charge in [-0.3, -0.25) is 0 Å². The van der Waals surface area contributed by atoms with E-state index in [4.69, 9.17) is 0 Å². The van der Waals surface area contributed by atoms with Crippen LogP contribution in [0.2, 0.25) is 0 Å². The predicted molar refractivity (Wildman–Crippen MR) is 68.3 cm³/mol. The van der Waals surface area contributed by atoms with Crippen LogP contribution >= 0.6 is 0 Å².